The fourth-order valence-corrected chi connectivity index (χ4v) is 5.12. The van der Waals surface area contributed by atoms with Crippen LogP contribution in [0.4, 0.5) is 5.69 Å². The van der Waals surface area contributed by atoms with Crippen LogP contribution in [0.3, 0.4) is 0 Å². The molecule has 1 aromatic rings. The first-order valence-electron chi connectivity index (χ1n) is 5.36. The Hall–Kier alpha value is -0.590. The summed E-state index contributed by atoms with van der Waals surface area (Å²) in [4.78, 5) is 2.33. The normalized spacial score (nSPS) is 26.7. The number of nitrogens with zero attached hydrogens (tertiary/aromatic N) is 1. The average molecular weight is 319 g/mol. The van der Waals surface area contributed by atoms with Crippen molar-refractivity contribution in [3.8, 4) is 0 Å². The van der Waals surface area contributed by atoms with E-state index in [1.165, 1.54) is 0 Å². The maximum Gasteiger partial charge on any atom is 0.186 e. The summed E-state index contributed by atoms with van der Waals surface area (Å²) in [5.74, 6) is 0. The van der Waals surface area contributed by atoms with Crippen LogP contribution in [0.2, 0.25) is 0 Å². The number of para-hydroxylation sites is 1. The van der Waals surface area contributed by atoms with Gasteiger partial charge in [-0.25, -0.2) is 8.42 Å². The summed E-state index contributed by atoms with van der Waals surface area (Å²) >= 11 is 3.41. The van der Waals surface area contributed by atoms with Gasteiger partial charge in [0, 0.05) is 24.1 Å². The lowest BCUT2D eigenvalue weighted by atomic mass is 10.1. The van der Waals surface area contributed by atoms with Crippen molar-refractivity contribution in [2.24, 2.45) is 5.73 Å². The molecule has 0 radical (unpaired) electrons. The van der Waals surface area contributed by atoms with Crippen LogP contribution >= 0.6 is 15.9 Å². The summed E-state index contributed by atoms with van der Waals surface area (Å²) in [6, 6.07) is 5.09. The molecule has 0 amide bonds. The Morgan fingerprint density at radius 3 is 2.71 bits per heavy atom. The van der Waals surface area contributed by atoms with Crippen molar-refractivity contribution in [1.29, 1.82) is 0 Å². The first-order valence-corrected chi connectivity index (χ1v) is 7.70. The number of fused-ring (bicyclic) bond motifs is 1. The first-order chi connectivity index (χ1) is 7.91. The molecule has 0 saturated carbocycles. The maximum absolute atomic E-state index is 12.4. The zero-order valence-corrected chi connectivity index (χ0v) is 12.1. The van der Waals surface area contributed by atoms with Crippen molar-refractivity contribution in [2.75, 3.05) is 18.5 Å². The third-order valence-corrected chi connectivity index (χ3v) is 6.35. The molecule has 0 aliphatic carbocycles. The number of anilines is 1. The van der Waals surface area contributed by atoms with Gasteiger partial charge in [0.25, 0.3) is 0 Å². The maximum atomic E-state index is 12.4. The van der Waals surface area contributed by atoms with Crippen LogP contribution in [-0.2, 0) is 9.84 Å². The number of nitrogens with two attached hydrogens (primary N) is 1. The van der Waals surface area contributed by atoms with E-state index in [1.54, 1.807) is 12.1 Å². The van der Waals surface area contributed by atoms with Crippen LogP contribution in [0.25, 0.3) is 0 Å². The number of hydrogen-bond acceptors (Lipinski definition) is 4. The highest BCUT2D eigenvalue weighted by molar-refractivity contribution is 9.10. The summed E-state index contributed by atoms with van der Waals surface area (Å²) in [6.07, 6.45) is 0. The number of sulfone groups is 1. The first kappa shape index (κ1) is 12.9. The molecule has 2 rings (SSSR count). The van der Waals surface area contributed by atoms with E-state index >= 15 is 0 Å². The number of benzene rings is 1. The summed E-state index contributed by atoms with van der Waals surface area (Å²) in [5, 5.41) is -0.547. The molecule has 1 heterocycles. The average Bonchev–Trinajstić information content (AvgIpc) is 2.26. The number of halogens is 1. The van der Waals surface area contributed by atoms with E-state index in [0.29, 0.717) is 4.90 Å². The zero-order valence-electron chi connectivity index (χ0n) is 9.72. The van der Waals surface area contributed by atoms with Crippen molar-refractivity contribution >= 4 is 31.5 Å². The molecule has 0 saturated heterocycles. The SMILES string of the molecule is CC1C(CN)S(=O)(=O)c2cccc(Br)c2N1C. The molecule has 1 aliphatic rings. The second-order valence-corrected chi connectivity index (χ2v) is 7.25. The number of hydrogen-bond donors (Lipinski definition) is 1. The van der Waals surface area contributed by atoms with Crippen LogP contribution in [0.15, 0.2) is 27.6 Å². The predicted octanol–water partition coefficient (Wildman–Crippen LogP) is 1.39. The van der Waals surface area contributed by atoms with Crippen LogP contribution in [0.5, 0.6) is 0 Å². The van der Waals surface area contributed by atoms with Gasteiger partial charge < -0.3 is 10.6 Å². The lowest BCUT2D eigenvalue weighted by Crippen LogP contribution is -2.51. The van der Waals surface area contributed by atoms with E-state index in [0.717, 1.165) is 10.2 Å². The Bertz CT molecular complexity index is 544. The lowest BCUT2D eigenvalue weighted by molar-refractivity contribution is 0.538. The Morgan fingerprint density at radius 2 is 2.12 bits per heavy atom. The molecule has 17 heavy (non-hydrogen) atoms. The second kappa shape index (κ2) is 4.26. The molecule has 1 aromatic carbocycles. The van der Waals surface area contributed by atoms with Gasteiger partial charge in [-0.15, -0.1) is 0 Å². The minimum atomic E-state index is -3.33. The van der Waals surface area contributed by atoms with E-state index < -0.39 is 15.1 Å². The molecule has 1 aliphatic heterocycles. The zero-order chi connectivity index (χ0) is 12.8. The van der Waals surface area contributed by atoms with E-state index in [9.17, 15) is 8.42 Å². The van der Waals surface area contributed by atoms with Gasteiger partial charge in [-0.1, -0.05) is 6.07 Å². The fraction of sp³-hybridized carbons (Fsp3) is 0.455. The molecule has 0 fully saturated rings. The van der Waals surface area contributed by atoms with Gasteiger partial charge >= 0.3 is 0 Å². The standard InChI is InChI=1S/C11H15BrN2O2S/c1-7-10(6-13)17(15,16)9-5-3-4-8(12)11(9)14(7)2/h3-5,7,10H,6,13H2,1-2H3. The van der Waals surface area contributed by atoms with Crippen molar-refractivity contribution in [1.82, 2.24) is 0 Å². The molecule has 2 atom stereocenters. The Kier molecular flexibility index (Phi) is 3.22. The van der Waals surface area contributed by atoms with Gasteiger partial charge in [-0.2, -0.15) is 0 Å². The van der Waals surface area contributed by atoms with Gasteiger partial charge in [0.2, 0.25) is 0 Å². The van der Waals surface area contributed by atoms with Crippen LogP contribution in [-0.4, -0.2) is 33.3 Å². The van der Waals surface area contributed by atoms with Gasteiger partial charge in [-0.3, -0.25) is 0 Å². The van der Waals surface area contributed by atoms with E-state index in [1.807, 2.05) is 24.9 Å². The van der Waals surface area contributed by atoms with Crippen LogP contribution in [0.1, 0.15) is 6.92 Å². The second-order valence-electron chi connectivity index (χ2n) is 4.26. The van der Waals surface area contributed by atoms with Crippen molar-refractivity contribution < 1.29 is 8.42 Å². The van der Waals surface area contributed by atoms with Gasteiger partial charge in [-0.05, 0) is 35.0 Å². The quantitative estimate of drug-likeness (QED) is 0.850. The van der Waals surface area contributed by atoms with Gasteiger partial charge in [0.05, 0.1) is 15.8 Å². The molecular formula is C11H15BrN2O2S. The lowest BCUT2D eigenvalue weighted by Gasteiger charge is -2.39. The summed E-state index contributed by atoms with van der Waals surface area (Å²) < 4.78 is 25.6. The van der Waals surface area contributed by atoms with Crippen LogP contribution < -0.4 is 10.6 Å². The Labute approximate surface area is 110 Å². The topological polar surface area (TPSA) is 63.4 Å². The van der Waals surface area contributed by atoms with Crippen LogP contribution in [0, 0.1) is 0 Å². The van der Waals surface area contributed by atoms with E-state index in [-0.39, 0.29) is 12.6 Å². The van der Waals surface area contributed by atoms with Crippen molar-refractivity contribution in [3.05, 3.63) is 22.7 Å². The third kappa shape index (κ3) is 1.78. The molecule has 0 aromatic heterocycles. The van der Waals surface area contributed by atoms with Crippen molar-refractivity contribution in [3.63, 3.8) is 0 Å². The highest BCUT2D eigenvalue weighted by atomic mass is 79.9. The van der Waals surface area contributed by atoms with Gasteiger partial charge in [0.1, 0.15) is 0 Å². The molecule has 2 N–H and O–H groups in total. The fourth-order valence-electron chi connectivity index (χ4n) is 2.27. The minimum absolute atomic E-state index is 0.129. The minimum Gasteiger partial charge on any atom is -0.369 e. The van der Waals surface area contributed by atoms with Gasteiger partial charge in [0.15, 0.2) is 9.84 Å². The van der Waals surface area contributed by atoms with E-state index in [2.05, 4.69) is 15.9 Å². The molecule has 94 valence electrons. The molecule has 4 nitrogen and oxygen atoms in total. The Balaban J connectivity index is 2.75. The smallest absolute Gasteiger partial charge is 0.186 e. The summed E-state index contributed by atoms with van der Waals surface area (Å²) in [5.41, 5.74) is 6.34. The van der Waals surface area contributed by atoms with E-state index in [4.69, 9.17) is 5.73 Å². The Morgan fingerprint density at radius 1 is 1.47 bits per heavy atom. The molecular weight excluding hydrogens is 304 g/mol. The largest absolute Gasteiger partial charge is 0.369 e. The molecule has 2 unspecified atom stereocenters. The third-order valence-electron chi connectivity index (χ3n) is 3.39. The molecule has 6 heteroatoms. The summed E-state index contributed by atoms with van der Waals surface area (Å²) in [6.45, 7) is 2.03. The molecule has 0 spiro atoms. The molecule has 0 bridgehead atoms. The monoisotopic (exact) mass is 318 g/mol. The predicted molar refractivity (Wildman–Crippen MR) is 72.0 cm³/mol. The summed E-state index contributed by atoms with van der Waals surface area (Å²) in [7, 11) is -1.44. The number of rotatable bonds is 1. The van der Waals surface area contributed by atoms with Crippen molar-refractivity contribution in [2.45, 2.75) is 23.1 Å². The highest BCUT2D eigenvalue weighted by Crippen LogP contribution is 2.40. The highest BCUT2D eigenvalue weighted by Gasteiger charge is 2.41.